The summed E-state index contributed by atoms with van der Waals surface area (Å²) in [5.74, 6) is -0.397. The molecule has 1 fully saturated rings. The predicted octanol–water partition coefficient (Wildman–Crippen LogP) is 1.89. The number of carbonyl (C=O) groups excluding carboxylic acids is 1. The van der Waals surface area contributed by atoms with Gasteiger partial charge in [-0.3, -0.25) is 14.7 Å². The number of hydrogen-bond acceptors (Lipinski definition) is 5. The number of carboxylic acid groups (broad SMARTS) is 1. The van der Waals surface area contributed by atoms with E-state index in [1.807, 2.05) is 23.1 Å². The Labute approximate surface area is 158 Å². The Bertz CT molecular complexity index is 782. The van der Waals surface area contributed by atoms with Crippen molar-refractivity contribution in [2.45, 2.75) is 13.0 Å². The number of carboxylic acids is 1. The summed E-state index contributed by atoms with van der Waals surface area (Å²) >= 11 is 0. The Kier molecular flexibility index (Phi) is 6.38. The molecule has 142 valence electrons. The third-order valence-electron chi connectivity index (χ3n) is 4.50. The number of para-hydroxylation sites is 1. The van der Waals surface area contributed by atoms with Crippen LogP contribution in [0, 0.1) is 0 Å². The zero-order valence-electron chi connectivity index (χ0n) is 15.1. The molecule has 1 aromatic heterocycles. The van der Waals surface area contributed by atoms with Crippen molar-refractivity contribution >= 4 is 11.9 Å². The third-order valence-corrected chi connectivity index (χ3v) is 4.50. The van der Waals surface area contributed by atoms with E-state index in [0.29, 0.717) is 30.9 Å². The SMILES string of the molecule is O=C(O)COc1ccccc1CN1CCCN(C(=O)c2cccnc2)CC1. The molecule has 1 aliphatic heterocycles. The molecule has 1 N–H and O–H groups in total. The molecule has 7 nitrogen and oxygen atoms in total. The van der Waals surface area contributed by atoms with Gasteiger partial charge in [-0.1, -0.05) is 18.2 Å². The topological polar surface area (TPSA) is 83.0 Å². The molecule has 0 atom stereocenters. The monoisotopic (exact) mass is 369 g/mol. The standard InChI is InChI=1S/C20H23N3O4/c24-19(25)15-27-18-7-2-1-5-17(18)14-22-9-4-10-23(12-11-22)20(26)16-6-3-8-21-13-16/h1-3,5-8,13H,4,9-12,14-15H2,(H,24,25). The van der Waals surface area contributed by atoms with Crippen molar-refractivity contribution in [3.8, 4) is 5.75 Å². The first-order chi connectivity index (χ1) is 13.1. The van der Waals surface area contributed by atoms with Gasteiger partial charge in [-0.2, -0.15) is 0 Å². The summed E-state index contributed by atoms with van der Waals surface area (Å²) < 4.78 is 5.39. The van der Waals surface area contributed by atoms with Crippen LogP contribution >= 0.6 is 0 Å². The van der Waals surface area contributed by atoms with E-state index in [9.17, 15) is 9.59 Å². The number of ether oxygens (including phenoxy) is 1. The second kappa shape index (κ2) is 9.14. The van der Waals surface area contributed by atoms with Gasteiger partial charge in [0.1, 0.15) is 5.75 Å². The van der Waals surface area contributed by atoms with E-state index < -0.39 is 5.97 Å². The van der Waals surface area contributed by atoms with E-state index in [0.717, 1.165) is 25.1 Å². The Morgan fingerprint density at radius 1 is 1.07 bits per heavy atom. The van der Waals surface area contributed by atoms with Gasteiger partial charge >= 0.3 is 5.97 Å². The minimum Gasteiger partial charge on any atom is -0.482 e. The molecular formula is C20H23N3O4. The van der Waals surface area contributed by atoms with Crippen LogP contribution in [0.25, 0.3) is 0 Å². The van der Waals surface area contributed by atoms with Crippen LogP contribution in [-0.2, 0) is 11.3 Å². The summed E-state index contributed by atoms with van der Waals surface area (Å²) in [4.78, 5) is 31.5. The van der Waals surface area contributed by atoms with Crippen molar-refractivity contribution < 1.29 is 19.4 Å². The highest BCUT2D eigenvalue weighted by Gasteiger charge is 2.21. The summed E-state index contributed by atoms with van der Waals surface area (Å²) in [6, 6.07) is 11.0. The predicted molar refractivity (Wildman–Crippen MR) is 99.6 cm³/mol. The van der Waals surface area contributed by atoms with Gasteiger partial charge in [0.2, 0.25) is 0 Å². The number of rotatable bonds is 6. The Hall–Kier alpha value is -2.93. The van der Waals surface area contributed by atoms with Crippen LogP contribution in [-0.4, -0.2) is 64.6 Å². The van der Waals surface area contributed by atoms with Gasteiger partial charge in [0.05, 0.1) is 5.56 Å². The van der Waals surface area contributed by atoms with Crippen molar-refractivity contribution in [3.05, 3.63) is 59.9 Å². The van der Waals surface area contributed by atoms with E-state index in [4.69, 9.17) is 9.84 Å². The van der Waals surface area contributed by atoms with Gasteiger partial charge < -0.3 is 14.7 Å². The molecule has 1 amide bonds. The van der Waals surface area contributed by atoms with Gasteiger partial charge in [-0.05, 0) is 24.6 Å². The lowest BCUT2D eigenvalue weighted by Gasteiger charge is -2.23. The first kappa shape index (κ1) is 18.8. The molecule has 0 aliphatic carbocycles. The first-order valence-corrected chi connectivity index (χ1v) is 8.97. The van der Waals surface area contributed by atoms with Crippen LogP contribution < -0.4 is 4.74 Å². The lowest BCUT2D eigenvalue weighted by Crippen LogP contribution is -2.35. The van der Waals surface area contributed by atoms with Crippen molar-refractivity contribution in [2.24, 2.45) is 0 Å². The Morgan fingerprint density at radius 2 is 1.93 bits per heavy atom. The smallest absolute Gasteiger partial charge is 0.341 e. The molecule has 1 saturated heterocycles. The summed E-state index contributed by atoms with van der Waals surface area (Å²) in [6.45, 7) is 3.27. The highest BCUT2D eigenvalue weighted by Crippen LogP contribution is 2.21. The minimum absolute atomic E-state index is 0.00939. The summed E-state index contributed by atoms with van der Waals surface area (Å²) in [6.07, 6.45) is 4.13. The number of aromatic nitrogens is 1. The van der Waals surface area contributed by atoms with Gasteiger partial charge in [0.25, 0.3) is 5.91 Å². The van der Waals surface area contributed by atoms with Gasteiger partial charge in [-0.15, -0.1) is 0 Å². The van der Waals surface area contributed by atoms with Crippen molar-refractivity contribution in [1.82, 2.24) is 14.8 Å². The van der Waals surface area contributed by atoms with Crippen molar-refractivity contribution in [1.29, 1.82) is 0 Å². The van der Waals surface area contributed by atoms with Gasteiger partial charge in [0, 0.05) is 50.7 Å². The number of hydrogen-bond donors (Lipinski definition) is 1. The van der Waals surface area contributed by atoms with Crippen molar-refractivity contribution in [2.75, 3.05) is 32.8 Å². The maximum Gasteiger partial charge on any atom is 0.341 e. The third kappa shape index (κ3) is 5.27. The normalized spacial score (nSPS) is 15.2. The average molecular weight is 369 g/mol. The zero-order chi connectivity index (χ0) is 19.1. The fourth-order valence-electron chi connectivity index (χ4n) is 3.16. The Balaban J connectivity index is 1.60. The number of nitrogens with zero attached hydrogens (tertiary/aromatic N) is 3. The summed E-state index contributed by atoms with van der Waals surface area (Å²) in [5.41, 5.74) is 1.56. The number of aliphatic carboxylic acids is 1. The average Bonchev–Trinajstić information content (AvgIpc) is 2.93. The molecule has 1 aliphatic rings. The number of amides is 1. The Morgan fingerprint density at radius 3 is 2.70 bits per heavy atom. The van der Waals surface area contributed by atoms with Crippen LogP contribution in [0.3, 0.4) is 0 Å². The molecule has 3 rings (SSSR count). The molecule has 0 bridgehead atoms. The molecule has 0 spiro atoms. The minimum atomic E-state index is -0.996. The first-order valence-electron chi connectivity index (χ1n) is 8.97. The molecule has 2 heterocycles. The summed E-state index contributed by atoms with van der Waals surface area (Å²) in [7, 11) is 0. The molecule has 0 saturated carbocycles. The number of benzene rings is 1. The lowest BCUT2D eigenvalue weighted by atomic mass is 10.2. The fraction of sp³-hybridized carbons (Fsp3) is 0.350. The van der Waals surface area contributed by atoms with Gasteiger partial charge in [0.15, 0.2) is 6.61 Å². The summed E-state index contributed by atoms with van der Waals surface area (Å²) in [5, 5.41) is 8.82. The largest absolute Gasteiger partial charge is 0.482 e. The maximum absolute atomic E-state index is 12.6. The van der Waals surface area contributed by atoms with E-state index in [2.05, 4.69) is 9.88 Å². The maximum atomic E-state index is 12.6. The molecule has 0 unspecified atom stereocenters. The molecule has 0 radical (unpaired) electrons. The molecule has 2 aromatic rings. The van der Waals surface area contributed by atoms with Crippen LogP contribution in [0.2, 0.25) is 0 Å². The molecular weight excluding hydrogens is 346 g/mol. The van der Waals surface area contributed by atoms with Crippen LogP contribution in [0.15, 0.2) is 48.8 Å². The number of pyridine rings is 1. The lowest BCUT2D eigenvalue weighted by molar-refractivity contribution is -0.139. The van der Waals surface area contributed by atoms with E-state index in [1.165, 1.54) is 0 Å². The molecule has 1 aromatic carbocycles. The fourth-order valence-corrected chi connectivity index (χ4v) is 3.16. The zero-order valence-corrected chi connectivity index (χ0v) is 15.1. The van der Waals surface area contributed by atoms with E-state index in [-0.39, 0.29) is 12.5 Å². The second-order valence-electron chi connectivity index (χ2n) is 6.45. The molecule has 27 heavy (non-hydrogen) atoms. The highest BCUT2D eigenvalue weighted by molar-refractivity contribution is 5.93. The van der Waals surface area contributed by atoms with Gasteiger partial charge in [-0.25, -0.2) is 4.79 Å². The van der Waals surface area contributed by atoms with E-state index >= 15 is 0 Å². The number of carbonyl (C=O) groups is 2. The molecule has 7 heteroatoms. The van der Waals surface area contributed by atoms with Crippen molar-refractivity contribution in [3.63, 3.8) is 0 Å². The van der Waals surface area contributed by atoms with Crippen LogP contribution in [0.1, 0.15) is 22.3 Å². The quantitative estimate of drug-likeness (QED) is 0.837. The van der Waals surface area contributed by atoms with Crippen LogP contribution in [0.5, 0.6) is 5.75 Å². The second-order valence-corrected chi connectivity index (χ2v) is 6.45. The van der Waals surface area contributed by atoms with E-state index in [1.54, 1.807) is 30.6 Å². The van der Waals surface area contributed by atoms with Crippen LogP contribution in [0.4, 0.5) is 0 Å². The highest BCUT2D eigenvalue weighted by atomic mass is 16.5.